The molecule has 1 amide bonds. The van der Waals surface area contributed by atoms with Crippen LogP contribution in [0.4, 0.5) is 5.88 Å². The van der Waals surface area contributed by atoms with Gasteiger partial charge in [0.1, 0.15) is 5.15 Å². The highest BCUT2D eigenvalue weighted by atomic mass is 35.5. The van der Waals surface area contributed by atoms with E-state index in [1.54, 1.807) is 6.07 Å². The van der Waals surface area contributed by atoms with Crippen molar-refractivity contribution >= 4 is 35.0 Å². The smallest absolute Gasteiger partial charge is 0.259 e. The van der Waals surface area contributed by atoms with E-state index >= 15 is 0 Å². The van der Waals surface area contributed by atoms with E-state index in [0.29, 0.717) is 0 Å². The number of rotatable bonds is 2. The van der Waals surface area contributed by atoms with Gasteiger partial charge in [0, 0.05) is 17.7 Å². The molecule has 2 rings (SSSR count). The Kier molecular flexibility index (Phi) is 4.01. The lowest BCUT2D eigenvalue weighted by atomic mass is 9.92. The van der Waals surface area contributed by atoms with Crippen LogP contribution in [0.25, 0.3) is 0 Å². The molecule has 2 aromatic rings. The van der Waals surface area contributed by atoms with E-state index in [2.05, 4.69) is 15.5 Å². The van der Waals surface area contributed by atoms with Crippen LogP contribution in [-0.2, 0) is 5.41 Å². The van der Waals surface area contributed by atoms with Crippen LogP contribution in [0.3, 0.4) is 0 Å². The number of nitrogens with one attached hydrogen (secondary N) is 1. The van der Waals surface area contributed by atoms with Gasteiger partial charge >= 0.3 is 0 Å². The van der Waals surface area contributed by atoms with Gasteiger partial charge in [-0.2, -0.15) is 0 Å². The van der Waals surface area contributed by atoms with Crippen LogP contribution < -0.4 is 5.32 Å². The Morgan fingerprint density at radius 2 is 2.00 bits per heavy atom. The van der Waals surface area contributed by atoms with Crippen molar-refractivity contribution in [2.75, 3.05) is 5.32 Å². The van der Waals surface area contributed by atoms with Gasteiger partial charge in [0.05, 0.1) is 16.3 Å². The highest BCUT2D eigenvalue weighted by Crippen LogP contribution is 2.24. The summed E-state index contributed by atoms with van der Waals surface area (Å²) in [6.45, 7) is 6.00. The average molecular weight is 314 g/mol. The van der Waals surface area contributed by atoms with Crippen LogP contribution in [0.2, 0.25) is 10.2 Å². The van der Waals surface area contributed by atoms with Crippen molar-refractivity contribution in [3.05, 3.63) is 39.8 Å². The lowest BCUT2D eigenvalue weighted by molar-refractivity contribution is 0.102. The molecule has 2 heterocycles. The molecule has 0 saturated carbocycles. The number of hydrogen-bond donors (Lipinski definition) is 1. The van der Waals surface area contributed by atoms with Crippen molar-refractivity contribution < 1.29 is 9.32 Å². The maximum Gasteiger partial charge on any atom is 0.259 e. The van der Waals surface area contributed by atoms with Gasteiger partial charge in [-0.05, 0) is 6.07 Å². The van der Waals surface area contributed by atoms with Crippen molar-refractivity contribution in [1.82, 2.24) is 10.1 Å². The number of hydrogen-bond acceptors (Lipinski definition) is 4. The summed E-state index contributed by atoms with van der Waals surface area (Å²) in [5.41, 5.74) is 0.880. The molecule has 1 N–H and O–H groups in total. The minimum Gasteiger partial charge on any atom is -0.338 e. The molecule has 7 heteroatoms. The number of pyridine rings is 1. The van der Waals surface area contributed by atoms with Crippen molar-refractivity contribution in [3.8, 4) is 0 Å². The number of amides is 1. The van der Waals surface area contributed by atoms with Crippen molar-refractivity contribution in [2.24, 2.45) is 0 Å². The van der Waals surface area contributed by atoms with Crippen molar-refractivity contribution in [2.45, 2.75) is 26.2 Å². The first-order chi connectivity index (χ1) is 9.27. The van der Waals surface area contributed by atoms with Crippen LogP contribution >= 0.6 is 23.2 Å². The lowest BCUT2D eigenvalue weighted by Gasteiger charge is -2.12. The second-order valence-electron chi connectivity index (χ2n) is 5.28. The third-order valence-electron chi connectivity index (χ3n) is 2.57. The molecule has 0 saturated heterocycles. The highest BCUT2D eigenvalue weighted by molar-refractivity contribution is 6.41. The Labute approximate surface area is 126 Å². The topological polar surface area (TPSA) is 68.0 Å². The molecule has 0 unspecified atom stereocenters. The molecule has 0 atom stereocenters. The maximum absolute atomic E-state index is 12.0. The Hall–Kier alpha value is -1.59. The van der Waals surface area contributed by atoms with E-state index in [4.69, 9.17) is 27.7 Å². The molecule has 0 bridgehead atoms. The van der Waals surface area contributed by atoms with Crippen molar-refractivity contribution in [3.63, 3.8) is 0 Å². The number of anilines is 1. The molecule has 0 aliphatic rings. The van der Waals surface area contributed by atoms with Gasteiger partial charge in [-0.15, -0.1) is 0 Å². The van der Waals surface area contributed by atoms with Gasteiger partial charge in [-0.1, -0.05) is 49.1 Å². The molecular formula is C13H13Cl2N3O2. The number of carbonyl (C=O) groups is 1. The van der Waals surface area contributed by atoms with Gasteiger partial charge in [0.15, 0.2) is 0 Å². The monoisotopic (exact) mass is 313 g/mol. The lowest BCUT2D eigenvalue weighted by Crippen LogP contribution is -2.12. The summed E-state index contributed by atoms with van der Waals surface area (Å²) in [6, 6.07) is 3.12. The molecule has 0 aromatic carbocycles. The van der Waals surface area contributed by atoms with Crippen LogP contribution in [0.5, 0.6) is 0 Å². The second-order valence-corrected chi connectivity index (χ2v) is 6.04. The molecule has 106 valence electrons. The summed E-state index contributed by atoms with van der Waals surface area (Å²) in [5.74, 6) is -0.126. The fraction of sp³-hybridized carbons (Fsp3) is 0.308. The number of carbonyl (C=O) groups excluding carboxylic acids is 1. The Bertz CT molecular complexity index is 647. The summed E-state index contributed by atoms with van der Waals surface area (Å²) < 4.78 is 5.08. The summed E-state index contributed by atoms with van der Waals surface area (Å²) in [4.78, 5) is 15.8. The van der Waals surface area contributed by atoms with Gasteiger partial charge in [-0.25, -0.2) is 4.98 Å². The normalized spacial score (nSPS) is 11.4. The minimum absolute atomic E-state index is 0.151. The number of nitrogens with zero attached hydrogens (tertiary/aromatic N) is 2. The first-order valence-electron chi connectivity index (χ1n) is 5.87. The SMILES string of the molecule is CC(C)(C)c1cc(NC(=O)c2cnc(Cl)c(Cl)c2)on1. The van der Waals surface area contributed by atoms with E-state index in [9.17, 15) is 4.79 Å². The average Bonchev–Trinajstić information content (AvgIpc) is 2.81. The zero-order valence-corrected chi connectivity index (χ0v) is 12.7. The third-order valence-corrected chi connectivity index (χ3v) is 3.26. The van der Waals surface area contributed by atoms with Crippen LogP contribution in [0.15, 0.2) is 22.9 Å². The fourth-order valence-corrected chi connectivity index (χ4v) is 1.69. The predicted octanol–water partition coefficient (Wildman–Crippen LogP) is 3.93. The van der Waals surface area contributed by atoms with Crippen molar-refractivity contribution in [1.29, 1.82) is 0 Å². The van der Waals surface area contributed by atoms with E-state index < -0.39 is 5.91 Å². The molecular weight excluding hydrogens is 301 g/mol. The Morgan fingerprint density at radius 1 is 1.30 bits per heavy atom. The first-order valence-corrected chi connectivity index (χ1v) is 6.62. The molecule has 0 fully saturated rings. The first kappa shape index (κ1) is 14.8. The fourth-order valence-electron chi connectivity index (χ4n) is 1.42. The number of halogens is 2. The van der Waals surface area contributed by atoms with Crippen LogP contribution in [0.1, 0.15) is 36.8 Å². The van der Waals surface area contributed by atoms with Gasteiger partial charge < -0.3 is 4.52 Å². The van der Waals surface area contributed by atoms with E-state index in [1.807, 2.05) is 20.8 Å². The van der Waals surface area contributed by atoms with Gasteiger partial charge in [-0.3, -0.25) is 10.1 Å². The molecule has 2 aromatic heterocycles. The standard InChI is InChI=1S/C13H13Cl2N3O2/c1-13(2,3)9-5-10(20-18-9)17-12(19)7-4-8(14)11(15)16-6-7/h4-6H,1-3H3,(H,17,19). The van der Waals surface area contributed by atoms with E-state index in [-0.39, 0.29) is 27.0 Å². The molecule has 20 heavy (non-hydrogen) atoms. The summed E-state index contributed by atoms with van der Waals surface area (Å²) in [7, 11) is 0. The summed E-state index contributed by atoms with van der Waals surface area (Å²) >= 11 is 11.5. The van der Waals surface area contributed by atoms with Crippen LogP contribution in [0, 0.1) is 0 Å². The Balaban J connectivity index is 2.15. The molecule has 5 nitrogen and oxygen atoms in total. The second kappa shape index (κ2) is 5.42. The largest absolute Gasteiger partial charge is 0.338 e. The summed E-state index contributed by atoms with van der Waals surface area (Å²) in [6.07, 6.45) is 1.34. The zero-order valence-electron chi connectivity index (χ0n) is 11.2. The molecule has 0 aliphatic heterocycles. The highest BCUT2D eigenvalue weighted by Gasteiger charge is 2.20. The van der Waals surface area contributed by atoms with Gasteiger partial charge in [0.25, 0.3) is 5.91 Å². The molecule has 0 radical (unpaired) electrons. The molecule has 0 spiro atoms. The predicted molar refractivity (Wildman–Crippen MR) is 77.4 cm³/mol. The van der Waals surface area contributed by atoms with E-state index in [0.717, 1.165) is 5.69 Å². The number of aromatic nitrogens is 2. The van der Waals surface area contributed by atoms with E-state index in [1.165, 1.54) is 12.3 Å². The maximum atomic E-state index is 12.0. The zero-order chi connectivity index (χ0) is 14.9. The molecule has 0 aliphatic carbocycles. The van der Waals surface area contributed by atoms with Gasteiger partial charge in [0.2, 0.25) is 5.88 Å². The van der Waals surface area contributed by atoms with Crippen LogP contribution in [-0.4, -0.2) is 16.0 Å². The Morgan fingerprint density at radius 3 is 2.55 bits per heavy atom. The quantitative estimate of drug-likeness (QED) is 0.853. The minimum atomic E-state index is -0.396. The third kappa shape index (κ3) is 3.29. The summed E-state index contributed by atoms with van der Waals surface area (Å²) in [5, 5.41) is 6.87.